The smallest absolute Gasteiger partial charge is 0.185 e. The maximum Gasteiger partial charge on any atom is 0.185 e. The summed E-state index contributed by atoms with van der Waals surface area (Å²) in [6.07, 6.45) is 8.58. The van der Waals surface area contributed by atoms with Crippen molar-refractivity contribution in [2.45, 2.75) is 58.8 Å². The second-order valence-electron chi connectivity index (χ2n) is 5.56. The van der Waals surface area contributed by atoms with E-state index in [9.17, 15) is 0 Å². The second kappa shape index (κ2) is 9.95. The van der Waals surface area contributed by atoms with Gasteiger partial charge in [-0.05, 0) is 12.8 Å². The van der Waals surface area contributed by atoms with Gasteiger partial charge >= 0.3 is 0 Å². The van der Waals surface area contributed by atoms with Crippen LogP contribution in [-0.4, -0.2) is 23.1 Å². The van der Waals surface area contributed by atoms with Crippen LogP contribution in [0, 0.1) is 5.51 Å². The van der Waals surface area contributed by atoms with Crippen LogP contribution < -0.4 is 4.90 Å². The van der Waals surface area contributed by atoms with E-state index < -0.39 is 0 Å². The van der Waals surface area contributed by atoms with Crippen molar-refractivity contribution in [3.05, 3.63) is 27.7 Å². The molecule has 0 spiro atoms. The minimum atomic E-state index is 0.982. The molecule has 0 amide bonds. The first kappa shape index (κ1) is 17.4. The molecule has 5 heteroatoms. The van der Waals surface area contributed by atoms with Crippen LogP contribution in [-0.2, 0) is 12.8 Å². The van der Waals surface area contributed by atoms with Gasteiger partial charge < -0.3 is 4.90 Å². The number of aryl methyl sites for hydroxylation is 1. The number of aromatic nitrogens is 2. The predicted molar refractivity (Wildman–Crippen MR) is 97.1 cm³/mol. The highest BCUT2D eigenvalue weighted by atomic mass is 32.1. The highest BCUT2D eigenvalue weighted by molar-refractivity contribution is 7.13. The molecule has 0 atom stereocenters. The summed E-state index contributed by atoms with van der Waals surface area (Å²) in [5.41, 5.74) is 5.29. The van der Waals surface area contributed by atoms with Crippen LogP contribution in [0.2, 0.25) is 0 Å². The Morgan fingerprint density at radius 3 is 2.59 bits per heavy atom. The van der Waals surface area contributed by atoms with Gasteiger partial charge in [0.25, 0.3) is 0 Å². The molecule has 0 aliphatic heterocycles. The lowest BCUT2D eigenvalue weighted by molar-refractivity contribution is 0.615. The van der Waals surface area contributed by atoms with Gasteiger partial charge in [-0.2, -0.15) is 0 Å². The molecule has 2 rings (SSSR count). The average molecular weight is 337 g/mol. The van der Waals surface area contributed by atoms with Crippen LogP contribution in [0.15, 0.2) is 10.8 Å². The zero-order valence-electron chi connectivity index (χ0n) is 13.7. The summed E-state index contributed by atoms with van der Waals surface area (Å²) < 4.78 is 0. The van der Waals surface area contributed by atoms with Crippen LogP contribution in [0.4, 0.5) is 5.13 Å². The maximum atomic E-state index is 4.76. The highest BCUT2D eigenvalue weighted by Crippen LogP contribution is 2.22. The molecule has 1 radical (unpaired) electrons. The largest absolute Gasteiger partial charge is 0.348 e. The Morgan fingerprint density at radius 1 is 1.05 bits per heavy atom. The third-order valence-corrected chi connectivity index (χ3v) is 5.32. The van der Waals surface area contributed by atoms with Gasteiger partial charge in [-0.3, -0.25) is 0 Å². The van der Waals surface area contributed by atoms with Crippen LogP contribution in [0.3, 0.4) is 0 Å². The number of nitrogens with zero attached hydrogens (tertiary/aromatic N) is 3. The average Bonchev–Trinajstić information content (AvgIpc) is 3.21. The fourth-order valence-electron chi connectivity index (χ4n) is 2.38. The number of hydrogen-bond acceptors (Lipinski definition) is 5. The predicted octanol–water partition coefficient (Wildman–Crippen LogP) is 4.98. The van der Waals surface area contributed by atoms with Gasteiger partial charge in [-0.25, -0.2) is 9.97 Å². The van der Waals surface area contributed by atoms with Gasteiger partial charge in [0.15, 0.2) is 10.6 Å². The third kappa shape index (κ3) is 5.69. The lowest BCUT2D eigenvalue weighted by Crippen LogP contribution is -2.27. The number of unbranched alkanes of at least 4 members (excludes halogenated alkanes) is 4. The first-order valence-electron chi connectivity index (χ1n) is 8.33. The molecule has 2 heterocycles. The van der Waals surface area contributed by atoms with Crippen molar-refractivity contribution in [1.29, 1.82) is 0 Å². The molecule has 0 aliphatic rings. The molecule has 22 heavy (non-hydrogen) atoms. The van der Waals surface area contributed by atoms with E-state index in [1.807, 2.05) is 0 Å². The van der Waals surface area contributed by atoms with Crippen molar-refractivity contribution in [3.63, 3.8) is 0 Å². The normalized spacial score (nSPS) is 11.0. The van der Waals surface area contributed by atoms with Crippen molar-refractivity contribution in [3.8, 4) is 0 Å². The summed E-state index contributed by atoms with van der Waals surface area (Å²) in [6, 6.07) is 0. The fraction of sp³-hybridized carbons (Fsp3) is 0.647. The molecule has 0 saturated carbocycles. The number of anilines is 1. The number of rotatable bonds is 11. The van der Waals surface area contributed by atoms with Gasteiger partial charge in [-0.15, -0.1) is 22.7 Å². The molecule has 0 aromatic carbocycles. The van der Waals surface area contributed by atoms with Crippen LogP contribution in [0.1, 0.15) is 57.3 Å². The second-order valence-corrected chi connectivity index (χ2v) is 7.05. The van der Waals surface area contributed by atoms with Gasteiger partial charge in [0, 0.05) is 30.3 Å². The molecule has 0 fully saturated rings. The summed E-state index contributed by atoms with van der Waals surface area (Å²) in [4.78, 5) is 11.5. The molecule has 0 aliphatic carbocycles. The molecule has 0 saturated heterocycles. The van der Waals surface area contributed by atoms with Crippen molar-refractivity contribution >= 4 is 27.8 Å². The van der Waals surface area contributed by atoms with Gasteiger partial charge in [-0.1, -0.05) is 39.5 Å². The van der Waals surface area contributed by atoms with E-state index in [2.05, 4.69) is 40.0 Å². The molecule has 0 bridgehead atoms. The summed E-state index contributed by atoms with van der Waals surface area (Å²) in [5, 5.41) is 5.46. The molecule has 2 aromatic heterocycles. The Labute approximate surface area is 142 Å². The SMILES string of the molecule is CCCCCCCN(CCc1cs[c]n1)c1nc(CC)cs1. The lowest BCUT2D eigenvalue weighted by Gasteiger charge is -2.21. The van der Waals surface area contributed by atoms with Gasteiger partial charge in [0.2, 0.25) is 0 Å². The van der Waals surface area contributed by atoms with E-state index in [1.54, 1.807) is 22.7 Å². The Hall–Kier alpha value is -0.940. The standard InChI is InChI=1S/C17H26N3S2/c1-3-5-6-7-8-10-20(11-9-16-12-21-14-18-16)17-19-15(4-2)13-22-17/h12-13H,3-11H2,1-2H3. The van der Waals surface area contributed by atoms with Crippen molar-refractivity contribution in [1.82, 2.24) is 9.97 Å². The maximum absolute atomic E-state index is 4.76. The molecule has 0 N–H and O–H groups in total. The molecule has 121 valence electrons. The number of thiazole rings is 2. The first-order chi connectivity index (χ1) is 10.8. The van der Waals surface area contributed by atoms with Crippen LogP contribution in [0.5, 0.6) is 0 Å². The Morgan fingerprint density at radius 2 is 1.91 bits per heavy atom. The minimum Gasteiger partial charge on any atom is -0.348 e. The van der Waals surface area contributed by atoms with E-state index in [1.165, 1.54) is 42.9 Å². The zero-order chi connectivity index (χ0) is 15.6. The monoisotopic (exact) mass is 336 g/mol. The molecular formula is C17H26N3S2. The minimum absolute atomic E-state index is 0.982. The summed E-state index contributed by atoms with van der Waals surface area (Å²) in [6.45, 7) is 6.54. The summed E-state index contributed by atoms with van der Waals surface area (Å²) in [7, 11) is 0. The summed E-state index contributed by atoms with van der Waals surface area (Å²) >= 11 is 3.33. The van der Waals surface area contributed by atoms with E-state index in [0.29, 0.717) is 0 Å². The van der Waals surface area contributed by atoms with E-state index in [0.717, 1.165) is 31.6 Å². The van der Waals surface area contributed by atoms with Crippen LogP contribution >= 0.6 is 22.7 Å². The van der Waals surface area contributed by atoms with E-state index in [-0.39, 0.29) is 0 Å². The summed E-state index contributed by atoms with van der Waals surface area (Å²) in [5.74, 6) is 0. The first-order valence-corrected chi connectivity index (χ1v) is 10.1. The Balaban J connectivity index is 1.87. The molecular weight excluding hydrogens is 310 g/mol. The molecule has 0 unspecified atom stereocenters. The Kier molecular flexibility index (Phi) is 7.88. The van der Waals surface area contributed by atoms with Gasteiger partial charge in [0.05, 0.1) is 11.4 Å². The van der Waals surface area contributed by atoms with E-state index in [4.69, 9.17) is 4.98 Å². The molecule has 2 aromatic rings. The Bertz CT molecular complexity index is 508. The van der Waals surface area contributed by atoms with Crippen molar-refractivity contribution in [2.24, 2.45) is 0 Å². The molecule has 3 nitrogen and oxygen atoms in total. The third-order valence-electron chi connectivity index (χ3n) is 3.78. The van der Waals surface area contributed by atoms with Gasteiger partial charge in [0.1, 0.15) is 0 Å². The highest BCUT2D eigenvalue weighted by Gasteiger charge is 2.11. The fourth-order valence-corrected chi connectivity index (χ4v) is 3.87. The van der Waals surface area contributed by atoms with Crippen molar-refractivity contribution < 1.29 is 0 Å². The number of hydrogen-bond donors (Lipinski definition) is 0. The lowest BCUT2D eigenvalue weighted by atomic mass is 10.1. The topological polar surface area (TPSA) is 29.0 Å². The quantitative estimate of drug-likeness (QED) is 0.542. The van der Waals surface area contributed by atoms with Crippen molar-refractivity contribution in [2.75, 3.05) is 18.0 Å². The van der Waals surface area contributed by atoms with E-state index >= 15 is 0 Å². The zero-order valence-corrected chi connectivity index (χ0v) is 15.3. The van der Waals surface area contributed by atoms with Crippen LogP contribution in [0.25, 0.3) is 0 Å².